The van der Waals surface area contributed by atoms with Gasteiger partial charge in [0.15, 0.2) is 0 Å². The zero-order valence-electron chi connectivity index (χ0n) is 10.2. The average molecular weight is 301 g/mol. The van der Waals surface area contributed by atoms with Gasteiger partial charge in [-0.3, -0.25) is 4.68 Å². The molecule has 0 radical (unpaired) electrons. The van der Waals surface area contributed by atoms with Crippen molar-refractivity contribution in [3.63, 3.8) is 0 Å². The monoisotopic (exact) mass is 301 g/mol. The molecule has 0 aliphatic carbocycles. The van der Waals surface area contributed by atoms with Gasteiger partial charge in [-0.25, -0.2) is 13.1 Å². The number of thiophene rings is 1. The van der Waals surface area contributed by atoms with E-state index in [-0.39, 0.29) is 11.5 Å². The lowest BCUT2D eigenvalue weighted by Gasteiger charge is -2.07. The number of nitrogens with zero attached hydrogens (tertiary/aromatic N) is 2. The van der Waals surface area contributed by atoms with E-state index in [4.69, 9.17) is 5.11 Å². The van der Waals surface area contributed by atoms with Crippen LogP contribution in [0.15, 0.2) is 34.8 Å². The summed E-state index contributed by atoms with van der Waals surface area (Å²) in [4.78, 5) is 0.624. The van der Waals surface area contributed by atoms with Gasteiger partial charge >= 0.3 is 0 Å². The molecule has 2 heterocycles. The van der Waals surface area contributed by atoms with Crippen molar-refractivity contribution in [2.24, 2.45) is 0 Å². The Morgan fingerprint density at radius 2 is 2.32 bits per heavy atom. The summed E-state index contributed by atoms with van der Waals surface area (Å²) in [5, 5.41) is 14.8. The lowest BCUT2D eigenvalue weighted by Crippen LogP contribution is -2.26. The highest BCUT2D eigenvalue weighted by molar-refractivity contribution is 7.89. The fourth-order valence-corrected chi connectivity index (χ4v) is 4.01. The van der Waals surface area contributed by atoms with Gasteiger partial charge in [0.05, 0.1) is 11.5 Å². The maximum absolute atomic E-state index is 12.0. The SMILES string of the molecule is O=S(=O)(NCCCn1cccn1)c1ccsc1CO. The largest absolute Gasteiger partial charge is 0.391 e. The van der Waals surface area contributed by atoms with E-state index in [9.17, 15) is 8.42 Å². The van der Waals surface area contributed by atoms with Crippen LogP contribution in [-0.4, -0.2) is 29.8 Å². The van der Waals surface area contributed by atoms with E-state index < -0.39 is 10.0 Å². The summed E-state index contributed by atoms with van der Waals surface area (Å²) in [7, 11) is -3.53. The summed E-state index contributed by atoms with van der Waals surface area (Å²) in [6.07, 6.45) is 4.17. The van der Waals surface area contributed by atoms with Gasteiger partial charge in [-0.1, -0.05) is 0 Å². The third-order valence-electron chi connectivity index (χ3n) is 2.55. The molecular weight excluding hydrogens is 286 g/mol. The summed E-state index contributed by atoms with van der Waals surface area (Å²) < 4.78 is 28.3. The van der Waals surface area contributed by atoms with Crippen molar-refractivity contribution in [1.29, 1.82) is 0 Å². The highest BCUT2D eigenvalue weighted by Gasteiger charge is 2.18. The van der Waals surface area contributed by atoms with Gasteiger partial charge in [0.1, 0.15) is 0 Å². The molecule has 2 aromatic heterocycles. The maximum atomic E-state index is 12.0. The molecule has 0 saturated heterocycles. The van der Waals surface area contributed by atoms with E-state index in [0.717, 1.165) is 0 Å². The van der Waals surface area contributed by atoms with Gasteiger partial charge in [0.2, 0.25) is 10.0 Å². The molecule has 2 aromatic rings. The molecule has 2 rings (SSSR count). The van der Waals surface area contributed by atoms with Gasteiger partial charge in [-0.05, 0) is 23.9 Å². The molecule has 8 heteroatoms. The van der Waals surface area contributed by atoms with Crippen molar-refractivity contribution in [3.8, 4) is 0 Å². The van der Waals surface area contributed by atoms with Gasteiger partial charge in [0, 0.05) is 30.4 Å². The molecule has 19 heavy (non-hydrogen) atoms. The predicted octanol–water partition coefficient (Wildman–Crippen LogP) is 0.805. The Kier molecular flexibility index (Phi) is 4.70. The Labute approximate surface area is 115 Å². The van der Waals surface area contributed by atoms with Crippen molar-refractivity contribution in [2.45, 2.75) is 24.5 Å². The first kappa shape index (κ1) is 14.2. The van der Waals surface area contributed by atoms with Crippen molar-refractivity contribution in [2.75, 3.05) is 6.54 Å². The van der Waals surface area contributed by atoms with Crippen molar-refractivity contribution in [1.82, 2.24) is 14.5 Å². The first-order chi connectivity index (χ1) is 9.13. The molecule has 0 saturated carbocycles. The fraction of sp³-hybridized carbons (Fsp3) is 0.364. The van der Waals surface area contributed by atoms with E-state index in [1.165, 1.54) is 17.4 Å². The Balaban J connectivity index is 1.88. The minimum atomic E-state index is -3.53. The quantitative estimate of drug-likeness (QED) is 0.741. The first-order valence-corrected chi connectivity index (χ1v) is 8.14. The molecule has 6 nitrogen and oxygen atoms in total. The zero-order valence-corrected chi connectivity index (χ0v) is 11.8. The number of aliphatic hydroxyl groups excluding tert-OH is 1. The van der Waals surface area contributed by atoms with Crippen LogP contribution in [0.3, 0.4) is 0 Å². The second-order valence-corrected chi connectivity index (χ2v) is 6.62. The molecule has 0 aliphatic heterocycles. The number of hydrogen-bond donors (Lipinski definition) is 2. The van der Waals surface area contributed by atoms with Crippen LogP contribution in [-0.2, 0) is 23.2 Å². The third kappa shape index (κ3) is 3.63. The number of hydrogen-bond acceptors (Lipinski definition) is 5. The molecule has 0 spiro atoms. The molecule has 0 aromatic carbocycles. The van der Waals surface area contributed by atoms with Crippen LogP contribution in [0.2, 0.25) is 0 Å². The minimum absolute atomic E-state index is 0.166. The Morgan fingerprint density at radius 3 is 3.00 bits per heavy atom. The van der Waals surface area contributed by atoms with E-state index in [0.29, 0.717) is 24.4 Å². The lowest BCUT2D eigenvalue weighted by molar-refractivity contribution is 0.282. The molecule has 0 bridgehead atoms. The number of aliphatic hydroxyl groups is 1. The van der Waals surface area contributed by atoms with E-state index in [1.54, 1.807) is 16.3 Å². The van der Waals surface area contributed by atoms with Crippen LogP contribution in [0.4, 0.5) is 0 Å². The van der Waals surface area contributed by atoms with E-state index in [2.05, 4.69) is 9.82 Å². The Morgan fingerprint density at radius 1 is 1.47 bits per heavy atom. The smallest absolute Gasteiger partial charge is 0.241 e. The fourth-order valence-electron chi connectivity index (χ4n) is 1.64. The van der Waals surface area contributed by atoms with Gasteiger partial charge in [0.25, 0.3) is 0 Å². The molecule has 104 valence electrons. The highest BCUT2D eigenvalue weighted by Crippen LogP contribution is 2.21. The van der Waals surface area contributed by atoms with E-state index in [1.807, 2.05) is 12.3 Å². The third-order valence-corrected chi connectivity index (χ3v) is 5.13. The molecule has 0 aliphatic rings. The van der Waals surface area contributed by atoms with Crippen molar-refractivity contribution >= 4 is 21.4 Å². The summed E-state index contributed by atoms with van der Waals surface area (Å²) in [5.41, 5.74) is 0. The number of rotatable bonds is 7. The summed E-state index contributed by atoms with van der Waals surface area (Å²) in [6, 6.07) is 3.33. The zero-order chi connectivity index (χ0) is 13.7. The van der Waals surface area contributed by atoms with E-state index >= 15 is 0 Å². The number of aryl methyl sites for hydroxylation is 1. The standard InChI is InChI=1S/C11H15N3O3S2/c15-9-10-11(3-8-18-10)19(16,17)13-5-2-7-14-6-1-4-12-14/h1,3-4,6,8,13,15H,2,5,7,9H2. The Bertz CT molecular complexity index is 605. The first-order valence-electron chi connectivity index (χ1n) is 5.78. The van der Waals surface area contributed by atoms with Crippen LogP contribution < -0.4 is 4.72 Å². The molecule has 0 amide bonds. The topological polar surface area (TPSA) is 84.2 Å². The summed E-state index contributed by atoms with van der Waals surface area (Å²) >= 11 is 1.23. The normalized spacial score (nSPS) is 11.8. The van der Waals surface area contributed by atoms with Crippen molar-refractivity contribution in [3.05, 3.63) is 34.8 Å². The Hall–Kier alpha value is -1.22. The predicted molar refractivity (Wildman–Crippen MR) is 72.3 cm³/mol. The van der Waals surface area contributed by atoms with Gasteiger partial charge in [-0.15, -0.1) is 11.3 Å². The van der Waals surface area contributed by atoms with Crippen LogP contribution in [0.5, 0.6) is 0 Å². The molecule has 0 atom stereocenters. The minimum Gasteiger partial charge on any atom is -0.391 e. The number of sulfonamides is 1. The van der Waals surface area contributed by atoms with Crippen LogP contribution in [0.25, 0.3) is 0 Å². The molecule has 0 unspecified atom stereocenters. The molecule has 2 N–H and O–H groups in total. The summed E-state index contributed by atoms with van der Waals surface area (Å²) in [6.45, 7) is 0.732. The number of nitrogens with one attached hydrogen (secondary N) is 1. The summed E-state index contributed by atoms with van der Waals surface area (Å²) in [5.74, 6) is 0. The lowest BCUT2D eigenvalue weighted by atomic mass is 10.4. The highest BCUT2D eigenvalue weighted by atomic mass is 32.2. The average Bonchev–Trinajstić information content (AvgIpc) is 3.05. The van der Waals surface area contributed by atoms with Crippen LogP contribution in [0.1, 0.15) is 11.3 Å². The molecular formula is C11H15N3O3S2. The maximum Gasteiger partial charge on any atom is 0.241 e. The van der Waals surface area contributed by atoms with Crippen LogP contribution in [0, 0.1) is 0 Å². The van der Waals surface area contributed by atoms with Gasteiger partial charge in [-0.2, -0.15) is 5.10 Å². The second-order valence-electron chi connectivity index (χ2n) is 3.89. The number of aromatic nitrogens is 2. The van der Waals surface area contributed by atoms with Gasteiger partial charge < -0.3 is 5.11 Å². The molecule has 0 fully saturated rings. The second kappa shape index (κ2) is 6.29. The van der Waals surface area contributed by atoms with Crippen LogP contribution >= 0.6 is 11.3 Å². The van der Waals surface area contributed by atoms with Crippen molar-refractivity contribution < 1.29 is 13.5 Å².